The first-order valence-corrected chi connectivity index (χ1v) is 4.78. The molecule has 0 aliphatic rings. The van der Waals surface area contributed by atoms with Crippen LogP contribution in [0.3, 0.4) is 0 Å². The van der Waals surface area contributed by atoms with Crippen molar-refractivity contribution in [1.82, 2.24) is 9.97 Å². The first-order chi connectivity index (χ1) is 7.06. The summed E-state index contributed by atoms with van der Waals surface area (Å²) in [6, 6.07) is 0. The second kappa shape index (κ2) is 5.22. The highest BCUT2D eigenvalue weighted by Crippen LogP contribution is 2.22. The van der Waals surface area contributed by atoms with E-state index in [1.807, 2.05) is 0 Å². The van der Waals surface area contributed by atoms with Crippen molar-refractivity contribution in [2.45, 2.75) is 18.6 Å². The first kappa shape index (κ1) is 12.1. The number of anilines is 1. The van der Waals surface area contributed by atoms with Crippen molar-refractivity contribution in [1.29, 1.82) is 0 Å². The third kappa shape index (κ3) is 3.00. The fourth-order valence-corrected chi connectivity index (χ4v) is 1.29. The predicted octanol–water partition coefficient (Wildman–Crippen LogP) is -0.545. The molecule has 7 heteroatoms. The maximum Gasteiger partial charge on any atom is 0.224 e. The first-order valence-electron chi connectivity index (χ1n) is 4.40. The number of hydrogen-bond acceptors (Lipinski definition) is 6. The summed E-state index contributed by atoms with van der Waals surface area (Å²) < 4.78 is 0. The number of aliphatic hydroxyl groups is 2. The summed E-state index contributed by atoms with van der Waals surface area (Å²) >= 11 is 5.50. The molecule has 0 aliphatic heterocycles. The number of nitrogens with two attached hydrogens (primary N) is 2. The lowest BCUT2D eigenvalue weighted by atomic mass is 10.0. The SMILES string of the molecule is NCCC(O)C(O)c1cnc(Cl)nc1N. The van der Waals surface area contributed by atoms with Gasteiger partial charge in [-0.2, -0.15) is 0 Å². The van der Waals surface area contributed by atoms with E-state index < -0.39 is 12.2 Å². The van der Waals surface area contributed by atoms with E-state index >= 15 is 0 Å². The van der Waals surface area contributed by atoms with E-state index in [4.69, 9.17) is 23.1 Å². The lowest BCUT2D eigenvalue weighted by molar-refractivity contribution is 0.0151. The van der Waals surface area contributed by atoms with Crippen molar-refractivity contribution in [3.8, 4) is 0 Å². The average Bonchev–Trinajstić information content (AvgIpc) is 2.17. The van der Waals surface area contributed by atoms with Crippen LogP contribution in [0.25, 0.3) is 0 Å². The number of rotatable bonds is 4. The smallest absolute Gasteiger partial charge is 0.224 e. The van der Waals surface area contributed by atoms with Gasteiger partial charge in [-0.1, -0.05) is 0 Å². The highest BCUT2D eigenvalue weighted by Gasteiger charge is 2.21. The monoisotopic (exact) mass is 232 g/mol. The molecule has 0 radical (unpaired) electrons. The summed E-state index contributed by atoms with van der Waals surface area (Å²) in [5, 5.41) is 19.2. The molecule has 15 heavy (non-hydrogen) atoms. The van der Waals surface area contributed by atoms with Gasteiger partial charge in [0.25, 0.3) is 0 Å². The second-order valence-electron chi connectivity index (χ2n) is 3.07. The Bertz CT molecular complexity index is 336. The maximum atomic E-state index is 9.68. The molecule has 0 amide bonds. The van der Waals surface area contributed by atoms with Crippen LogP contribution in [0, 0.1) is 0 Å². The number of aromatic nitrogens is 2. The van der Waals surface area contributed by atoms with E-state index in [-0.39, 0.29) is 29.6 Å². The molecular formula is C8H13ClN4O2. The van der Waals surface area contributed by atoms with Gasteiger partial charge in [0.2, 0.25) is 5.28 Å². The van der Waals surface area contributed by atoms with Crippen molar-refractivity contribution in [3.63, 3.8) is 0 Å². The van der Waals surface area contributed by atoms with Gasteiger partial charge in [0.1, 0.15) is 11.9 Å². The largest absolute Gasteiger partial charge is 0.390 e. The normalized spacial score (nSPS) is 14.9. The van der Waals surface area contributed by atoms with E-state index in [0.717, 1.165) is 0 Å². The highest BCUT2D eigenvalue weighted by molar-refractivity contribution is 6.28. The van der Waals surface area contributed by atoms with Crippen LogP contribution < -0.4 is 11.5 Å². The van der Waals surface area contributed by atoms with Crippen molar-refractivity contribution in [3.05, 3.63) is 17.0 Å². The zero-order valence-corrected chi connectivity index (χ0v) is 8.72. The predicted molar refractivity (Wildman–Crippen MR) is 56.1 cm³/mol. The van der Waals surface area contributed by atoms with E-state index in [1.165, 1.54) is 6.20 Å². The average molecular weight is 233 g/mol. The standard InChI is InChI=1S/C8H13ClN4O2/c9-8-12-3-4(7(11)13-8)6(15)5(14)1-2-10/h3,5-6,14-15H,1-2,10H2,(H2,11,12,13). The van der Waals surface area contributed by atoms with Gasteiger partial charge in [-0.15, -0.1) is 0 Å². The van der Waals surface area contributed by atoms with Crippen LogP contribution in [-0.2, 0) is 0 Å². The summed E-state index contributed by atoms with van der Waals surface area (Å²) in [4.78, 5) is 7.34. The fraction of sp³-hybridized carbons (Fsp3) is 0.500. The third-order valence-electron chi connectivity index (χ3n) is 1.96. The van der Waals surface area contributed by atoms with Crippen LogP contribution in [0.1, 0.15) is 18.1 Å². The molecule has 0 aliphatic carbocycles. The Labute approximate surface area is 91.9 Å². The van der Waals surface area contributed by atoms with Crippen molar-refractivity contribution in [2.75, 3.05) is 12.3 Å². The van der Waals surface area contributed by atoms with Gasteiger partial charge in [-0.3, -0.25) is 0 Å². The quantitative estimate of drug-likeness (QED) is 0.518. The van der Waals surface area contributed by atoms with Crippen LogP contribution in [-0.4, -0.2) is 32.8 Å². The van der Waals surface area contributed by atoms with Gasteiger partial charge < -0.3 is 21.7 Å². The van der Waals surface area contributed by atoms with Gasteiger partial charge in [0.15, 0.2) is 0 Å². The minimum absolute atomic E-state index is 0.00300. The molecule has 0 saturated heterocycles. The van der Waals surface area contributed by atoms with Gasteiger partial charge in [0.05, 0.1) is 6.10 Å². The van der Waals surface area contributed by atoms with Gasteiger partial charge in [0, 0.05) is 11.8 Å². The molecule has 0 spiro atoms. The summed E-state index contributed by atoms with van der Waals surface area (Å²) in [5.41, 5.74) is 11.0. The summed E-state index contributed by atoms with van der Waals surface area (Å²) in [6.07, 6.45) is -0.578. The molecule has 1 aromatic rings. The number of hydrogen-bond donors (Lipinski definition) is 4. The Morgan fingerprint density at radius 2 is 2.13 bits per heavy atom. The van der Waals surface area contributed by atoms with E-state index in [1.54, 1.807) is 0 Å². The maximum absolute atomic E-state index is 9.68. The number of halogens is 1. The van der Waals surface area contributed by atoms with Crippen LogP contribution >= 0.6 is 11.6 Å². The molecule has 1 rings (SSSR count). The van der Waals surface area contributed by atoms with Gasteiger partial charge in [-0.25, -0.2) is 9.97 Å². The molecular weight excluding hydrogens is 220 g/mol. The molecule has 2 atom stereocenters. The molecule has 2 unspecified atom stereocenters. The van der Waals surface area contributed by atoms with Crippen LogP contribution in [0.15, 0.2) is 6.20 Å². The number of aliphatic hydroxyl groups excluding tert-OH is 2. The van der Waals surface area contributed by atoms with Crippen LogP contribution in [0.4, 0.5) is 5.82 Å². The molecule has 1 heterocycles. The highest BCUT2D eigenvalue weighted by atomic mass is 35.5. The summed E-state index contributed by atoms with van der Waals surface area (Å²) in [6.45, 7) is 0.270. The Morgan fingerprint density at radius 1 is 1.47 bits per heavy atom. The van der Waals surface area contributed by atoms with Crippen LogP contribution in [0.5, 0.6) is 0 Å². The minimum atomic E-state index is -1.15. The Balaban J connectivity index is 2.86. The van der Waals surface area contributed by atoms with Crippen molar-refractivity contribution in [2.24, 2.45) is 5.73 Å². The lowest BCUT2D eigenvalue weighted by Gasteiger charge is -2.17. The molecule has 6 N–H and O–H groups in total. The molecule has 1 aromatic heterocycles. The van der Waals surface area contributed by atoms with E-state index in [2.05, 4.69) is 9.97 Å². The number of nitrogen functional groups attached to an aromatic ring is 1. The molecule has 0 bridgehead atoms. The Morgan fingerprint density at radius 3 is 2.67 bits per heavy atom. The Hall–Kier alpha value is -0.950. The van der Waals surface area contributed by atoms with Gasteiger partial charge in [-0.05, 0) is 24.6 Å². The minimum Gasteiger partial charge on any atom is -0.390 e. The van der Waals surface area contributed by atoms with E-state index in [0.29, 0.717) is 0 Å². The second-order valence-corrected chi connectivity index (χ2v) is 3.41. The molecule has 84 valence electrons. The fourth-order valence-electron chi connectivity index (χ4n) is 1.15. The zero-order chi connectivity index (χ0) is 11.4. The van der Waals surface area contributed by atoms with Gasteiger partial charge >= 0.3 is 0 Å². The summed E-state index contributed by atoms with van der Waals surface area (Å²) in [7, 11) is 0. The molecule has 6 nitrogen and oxygen atoms in total. The van der Waals surface area contributed by atoms with Crippen molar-refractivity contribution >= 4 is 17.4 Å². The molecule has 0 aromatic carbocycles. The molecule has 0 fully saturated rings. The van der Waals surface area contributed by atoms with E-state index in [9.17, 15) is 10.2 Å². The third-order valence-corrected chi connectivity index (χ3v) is 2.15. The summed E-state index contributed by atoms with van der Waals surface area (Å²) in [5.74, 6) is 0.0542. The van der Waals surface area contributed by atoms with Crippen molar-refractivity contribution < 1.29 is 10.2 Å². The topological polar surface area (TPSA) is 118 Å². The molecule has 0 saturated carbocycles. The Kier molecular flexibility index (Phi) is 4.22. The number of nitrogens with zero attached hydrogens (tertiary/aromatic N) is 2. The van der Waals surface area contributed by atoms with Crippen LogP contribution in [0.2, 0.25) is 5.28 Å². The zero-order valence-electron chi connectivity index (χ0n) is 7.97. The lowest BCUT2D eigenvalue weighted by Crippen LogP contribution is -2.23.